The summed E-state index contributed by atoms with van der Waals surface area (Å²) in [5.74, 6) is 0. The van der Waals surface area contributed by atoms with Crippen LogP contribution in [0.1, 0.15) is 24.1 Å². The zero-order valence-electron chi connectivity index (χ0n) is 16.1. The third-order valence-electron chi connectivity index (χ3n) is 4.48. The molecule has 0 aliphatic heterocycles. The number of alkyl halides is 3. The Morgan fingerprint density at radius 1 is 1.14 bits per heavy atom. The summed E-state index contributed by atoms with van der Waals surface area (Å²) in [5.41, 5.74) is 2.23. The fourth-order valence-corrected chi connectivity index (χ4v) is 3.58. The van der Waals surface area contributed by atoms with E-state index in [1.165, 1.54) is 12.1 Å². The molecule has 3 rings (SSSR count). The summed E-state index contributed by atoms with van der Waals surface area (Å²) in [6.07, 6.45) is -0.852. The summed E-state index contributed by atoms with van der Waals surface area (Å²) in [6.45, 7) is 1.87. The molecule has 3 aromatic rings. The molecule has 2 aromatic carbocycles. The van der Waals surface area contributed by atoms with Gasteiger partial charge >= 0.3 is 6.18 Å². The van der Waals surface area contributed by atoms with Crippen LogP contribution in [-0.4, -0.2) is 20.8 Å². The van der Waals surface area contributed by atoms with E-state index in [-0.39, 0.29) is 6.04 Å². The van der Waals surface area contributed by atoms with E-state index in [4.69, 9.17) is 0 Å². The number of aromatic nitrogens is 2. The number of hydrogen-bond donors (Lipinski definition) is 2. The van der Waals surface area contributed by atoms with Crippen LogP contribution >= 0.6 is 0 Å². The lowest BCUT2D eigenvalue weighted by atomic mass is 10.0. The summed E-state index contributed by atoms with van der Waals surface area (Å²) in [7, 11) is 2.10. The minimum atomic E-state index is -4.36. The van der Waals surface area contributed by atoms with Gasteiger partial charge in [0.15, 0.2) is 0 Å². The minimum Gasteiger partial charge on any atom is -0.378 e. The van der Waals surface area contributed by atoms with Gasteiger partial charge < -0.3 is 9.88 Å². The molecule has 0 radical (unpaired) electrons. The van der Waals surface area contributed by atoms with Crippen LogP contribution in [0.15, 0.2) is 59.9 Å². The molecular weight excluding hydrogens is 401 g/mol. The molecular formula is C20H21F3N4OS. The van der Waals surface area contributed by atoms with Gasteiger partial charge in [-0.3, -0.25) is 0 Å². The molecule has 2 atom stereocenters. The first-order valence-corrected chi connectivity index (χ1v) is 9.99. The highest BCUT2D eigenvalue weighted by molar-refractivity contribution is 7.83. The van der Waals surface area contributed by atoms with E-state index in [2.05, 4.69) is 15.0 Å². The molecule has 1 heterocycles. The molecule has 0 aliphatic rings. The van der Waals surface area contributed by atoms with Gasteiger partial charge in [-0.05, 0) is 49.9 Å². The summed E-state index contributed by atoms with van der Waals surface area (Å²) in [5, 5.41) is 3.33. The van der Waals surface area contributed by atoms with Crippen LogP contribution in [0.2, 0.25) is 0 Å². The molecule has 2 unspecified atom stereocenters. The van der Waals surface area contributed by atoms with Gasteiger partial charge in [0.05, 0.1) is 22.5 Å². The van der Waals surface area contributed by atoms with Crippen molar-refractivity contribution in [2.24, 2.45) is 7.05 Å². The van der Waals surface area contributed by atoms with Crippen molar-refractivity contribution in [1.82, 2.24) is 14.3 Å². The van der Waals surface area contributed by atoms with Crippen molar-refractivity contribution in [1.29, 1.82) is 0 Å². The molecule has 2 N–H and O–H groups in total. The van der Waals surface area contributed by atoms with E-state index in [9.17, 15) is 17.4 Å². The quantitative estimate of drug-likeness (QED) is 0.614. The average Bonchev–Trinajstić information content (AvgIpc) is 3.13. The van der Waals surface area contributed by atoms with Crippen LogP contribution in [0.3, 0.4) is 0 Å². The van der Waals surface area contributed by atoms with Crippen molar-refractivity contribution in [2.75, 3.05) is 12.4 Å². The maximum atomic E-state index is 12.8. The van der Waals surface area contributed by atoms with Gasteiger partial charge in [0.2, 0.25) is 0 Å². The normalized spacial score (nSPS) is 13.9. The lowest BCUT2D eigenvalue weighted by molar-refractivity contribution is -0.137. The third-order valence-corrected chi connectivity index (χ3v) is 5.53. The molecule has 0 amide bonds. The lowest BCUT2D eigenvalue weighted by Crippen LogP contribution is -2.12. The molecule has 0 fully saturated rings. The second-order valence-corrected chi connectivity index (χ2v) is 8.01. The van der Waals surface area contributed by atoms with E-state index >= 15 is 0 Å². The van der Waals surface area contributed by atoms with Crippen molar-refractivity contribution in [3.63, 3.8) is 0 Å². The monoisotopic (exact) mass is 422 g/mol. The Bertz CT molecular complexity index is 1020. The van der Waals surface area contributed by atoms with Crippen molar-refractivity contribution in [2.45, 2.75) is 24.0 Å². The van der Waals surface area contributed by atoms with Crippen LogP contribution in [0.25, 0.3) is 11.3 Å². The topological polar surface area (TPSA) is 59.0 Å². The third kappa shape index (κ3) is 4.86. The van der Waals surface area contributed by atoms with Gasteiger partial charge in [-0.15, -0.1) is 0 Å². The fraction of sp³-hybridized carbons (Fsp3) is 0.250. The smallest absolute Gasteiger partial charge is 0.378 e. The highest BCUT2D eigenvalue weighted by Gasteiger charge is 2.30. The lowest BCUT2D eigenvalue weighted by Gasteiger charge is -2.19. The largest absolute Gasteiger partial charge is 0.416 e. The van der Waals surface area contributed by atoms with Crippen LogP contribution in [-0.2, 0) is 24.2 Å². The number of rotatable bonds is 6. The van der Waals surface area contributed by atoms with E-state index in [1.807, 2.05) is 20.2 Å². The van der Waals surface area contributed by atoms with E-state index in [0.717, 1.165) is 23.4 Å². The molecule has 0 spiro atoms. The summed E-state index contributed by atoms with van der Waals surface area (Å²) < 4.78 is 55.0. The first kappa shape index (κ1) is 21.1. The predicted molar refractivity (Wildman–Crippen MR) is 108 cm³/mol. The number of imidazole rings is 1. The van der Waals surface area contributed by atoms with E-state index < -0.39 is 22.7 Å². The number of nitrogens with one attached hydrogen (secondary N) is 2. The number of anilines is 1. The standard InChI is InChI=1S/C20H21F3N4OS/c1-13(14-4-6-15(7-5-14)20(21,22)23)26-18-9-8-16(29(28)24-2)10-17(18)19-11-27(3)12-25-19/h4-13,24,26H,1-3H3. The fourth-order valence-electron chi connectivity index (χ4n) is 2.92. The number of hydrogen-bond acceptors (Lipinski definition) is 3. The maximum Gasteiger partial charge on any atom is 0.416 e. The van der Waals surface area contributed by atoms with Crippen molar-refractivity contribution >= 4 is 16.7 Å². The van der Waals surface area contributed by atoms with Crippen LogP contribution < -0.4 is 10.0 Å². The van der Waals surface area contributed by atoms with Gasteiger partial charge in [0.1, 0.15) is 11.0 Å². The van der Waals surface area contributed by atoms with Gasteiger partial charge in [-0.1, -0.05) is 12.1 Å². The SMILES string of the molecule is CNS(=O)c1ccc(NC(C)c2ccc(C(F)(F)F)cc2)c(-c2cn(C)cn2)c1. The molecule has 0 saturated heterocycles. The molecule has 5 nitrogen and oxygen atoms in total. The van der Waals surface area contributed by atoms with Crippen LogP contribution in [0, 0.1) is 0 Å². The van der Waals surface area contributed by atoms with E-state index in [1.54, 1.807) is 36.1 Å². The molecule has 1 aromatic heterocycles. The molecule has 0 bridgehead atoms. The summed E-state index contributed by atoms with van der Waals surface area (Å²) in [4.78, 5) is 4.97. The van der Waals surface area contributed by atoms with Crippen molar-refractivity contribution in [3.05, 3.63) is 66.1 Å². The first-order valence-electron chi connectivity index (χ1n) is 8.84. The van der Waals surface area contributed by atoms with Gasteiger partial charge in [-0.25, -0.2) is 13.9 Å². The Morgan fingerprint density at radius 3 is 2.38 bits per heavy atom. The maximum absolute atomic E-state index is 12.8. The molecule has 154 valence electrons. The second kappa shape index (κ2) is 8.38. The highest BCUT2D eigenvalue weighted by Crippen LogP contribution is 2.33. The molecule has 9 heteroatoms. The summed E-state index contributed by atoms with van der Waals surface area (Å²) in [6, 6.07) is 10.2. The Labute approximate surface area is 169 Å². The number of aryl methyl sites for hydroxylation is 1. The van der Waals surface area contributed by atoms with Crippen molar-refractivity contribution in [3.8, 4) is 11.3 Å². The summed E-state index contributed by atoms with van der Waals surface area (Å²) >= 11 is 0. The predicted octanol–water partition coefficient (Wildman–Crippen LogP) is 4.52. The van der Waals surface area contributed by atoms with Crippen LogP contribution in [0.4, 0.5) is 18.9 Å². The minimum absolute atomic E-state index is 0.250. The Hall–Kier alpha value is -2.65. The van der Waals surface area contributed by atoms with Gasteiger partial charge in [0, 0.05) is 30.5 Å². The van der Waals surface area contributed by atoms with Crippen molar-refractivity contribution < 1.29 is 17.4 Å². The number of benzene rings is 2. The second-order valence-electron chi connectivity index (χ2n) is 6.59. The number of halogens is 3. The van der Waals surface area contributed by atoms with Gasteiger partial charge in [0.25, 0.3) is 0 Å². The highest BCUT2D eigenvalue weighted by atomic mass is 32.2. The molecule has 29 heavy (non-hydrogen) atoms. The first-order chi connectivity index (χ1) is 13.7. The number of nitrogens with zero attached hydrogens (tertiary/aromatic N) is 2. The Balaban J connectivity index is 1.92. The molecule has 0 saturated carbocycles. The average molecular weight is 422 g/mol. The van der Waals surface area contributed by atoms with Gasteiger partial charge in [-0.2, -0.15) is 13.2 Å². The molecule has 0 aliphatic carbocycles. The van der Waals surface area contributed by atoms with Crippen LogP contribution in [0.5, 0.6) is 0 Å². The Morgan fingerprint density at radius 2 is 1.83 bits per heavy atom. The zero-order valence-corrected chi connectivity index (χ0v) is 16.9. The van der Waals surface area contributed by atoms with E-state index in [0.29, 0.717) is 16.2 Å². The zero-order chi connectivity index (χ0) is 21.2. The Kier molecular flexibility index (Phi) is 6.09.